The Hall–Kier alpha value is -2.04. The zero-order valence-electron chi connectivity index (χ0n) is 12.7. The highest BCUT2D eigenvalue weighted by molar-refractivity contribution is 5.39. The van der Waals surface area contributed by atoms with Crippen LogP contribution in [0.15, 0.2) is 42.5 Å². The molecule has 116 valence electrons. The monoisotopic (exact) mass is 299 g/mol. The molecule has 0 fully saturated rings. The van der Waals surface area contributed by atoms with Crippen LogP contribution in [0, 0.1) is 0 Å². The zero-order valence-corrected chi connectivity index (χ0v) is 12.7. The third-order valence-corrected chi connectivity index (χ3v) is 4.15. The summed E-state index contributed by atoms with van der Waals surface area (Å²) in [5, 5.41) is 9.21. The molecule has 1 atom stereocenters. The summed E-state index contributed by atoms with van der Waals surface area (Å²) in [7, 11) is 1.66. The second kappa shape index (κ2) is 6.81. The highest BCUT2D eigenvalue weighted by atomic mass is 16.5. The Kier molecular flexibility index (Phi) is 4.61. The van der Waals surface area contributed by atoms with Gasteiger partial charge in [-0.3, -0.25) is 0 Å². The average Bonchev–Trinajstić information content (AvgIpc) is 2.59. The van der Waals surface area contributed by atoms with Crippen LogP contribution in [-0.4, -0.2) is 12.3 Å². The van der Waals surface area contributed by atoms with Crippen LogP contribution in [0.5, 0.6) is 11.5 Å². The predicted octanol–water partition coefficient (Wildman–Crippen LogP) is 3.63. The standard InChI is InChI=1S/C18H21NO3/c1-21-15-7-5-13(6-8-15)12-22-16-9-10-17-14(11-16)3-2-4-18(17)19-20/h5-11,18-20H,2-4,12H2,1H3. The van der Waals surface area contributed by atoms with Crippen molar-refractivity contribution in [2.75, 3.05) is 7.11 Å². The van der Waals surface area contributed by atoms with Crippen molar-refractivity contribution in [3.05, 3.63) is 59.2 Å². The van der Waals surface area contributed by atoms with E-state index in [2.05, 4.69) is 11.5 Å². The van der Waals surface area contributed by atoms with Crippen LogP contribution in [0.25, 0.3) is 0 Å². The van der Waals surface area contributed by atoms with E-state index in [9.17, 15) is 5.21 Å². The van der Waals surface area contributed by atoms with Crippen LogP contribution in [0.3, 0.4) is 0 Å². The van der Waals surface area contributed by atoms with Gasteiger partial charge < -0.3 is 14.7 Å². The van der Waals surface area contributed by atoms with Crippen LogP contribution < -0.4 is 15.0 Å². The molecule has 0 heterocycles. The normalized spacial score (nSPS) is 16.9. The van der Waals surface area contributed by atoms with Gasteiger partial charge in [-0.05, 0) is 60.2 Å². The number of rotatable bonds is 5. The molecule has 0 amide bonds. The lowest BCUT2D eigenvalue weighted by Crippen LogP contribution is -2.22. The molecule has 0 bridgehead atoms. The Morgan fingerprint density at radius 2 is 1.91 bits per heavy atom. The number of hydroxylamine groups is 1. The predicted molar refractivity (Wildman–Crippen MR) is 84.4 cm³/mol. The van der Waals surface area contributed by atoms with Crippen LogP contribution in [0.2, 0.25) is 0 Å². The highest BCUT2D eigenvalue weighted by Crippen LogP contribution is 2.32. The average molecular weight is 299 g/mol. The summed E-state index contributed by atoms with van der Waals surface area (Å²) in [4.78, 5) is 0. The number of fused-ring (bicyclic) bond motifs is 1. The topological polar surface area (TPSA) is 50.7 Å². The van der Waals surface area contributed by atoms with Crippen LogP contribution in [0.1, 0.15) is 35.6 Å². The van der Waals surface area contributed by atoms with E-state index in [1.165, 1.54) is 11.1 Å². The van der Waals surface area contributed by atoms with Crippen molar-refractivity contribution < 1.29 is 14.7 Å². The Morgan fingerprint density at radius 1 is 1.14 bits per heavy atom. The minimum absolute atomic E-state index is 0.0411. The maximum absolute atomic E-state index is 9.21. The fourth-order valence-corrected chi connectivity index (χ4v) is 2.90. The Balaban J connectivity index is 1.68. The van der Waals surface area contributed by atoms with Gasteiger partial charge in [0.05, 0.1) is 13.2 Å². The fraction of sp³-hybridized carbons (Fsp3) is 0.333. The first-order chi connectivity index (χ1) is 10.8. The summed E-state index contributed by atoms with van der Waals surface area (Å²) in [5.74, 6) is 1.72. The van der Waals surface area contributed by atoms with Gasteiger partial charge in [0, 0.05) is 0 Å². The van der Waals surface area contributed by atoms with E-state index >= 15 is 0 Å². The van der Waals surface area contributed by atoms with E-state index < -0.39 is 0 Å². The molecule has 1 aliphatic rings. The smallest absolute Gasteiger partial charge is 0.120 e. The number of benzene rings is 2. The van der Waals surface area contributed by atoms with E-state index in [4.69, 9.17) is 9.47 Å². The molecule has 2 aromatic carbocycles. The summed E-state index contributed by atoms with van der Waals surface area (Å²) in [6.07, 6.45) is 3.08. The number of hydrogen-bond donors (Lipinski definition) is 2. The molecular weight excluding hydrogens is 278 g/mol. The Morgan fingerprint density at radius 3 is 2.64 bits per heavy atom. The highest BCUT2D eigenvalue weighted by Gasteiger charge is 2.19. The second-order valence-corrected chi connectivity index (χ2v) is 5.57. The molecule has 3 rings (SSSR count). The first-order valence-corrected chi connectivity index (χ1v) is 7.58. The molecule has 4 nitrogen and oxygen atoms in total. The molecule has 22 heavy (non-hydrogen) atoms. The Bertz CT molecular complexity index is 625. The van der Waals surface area contributed by atoms with Gasteiger partial charge in [-0.15, -0.1) is 0 Å². The molecule has 4 heteroatoms. The van der Waals surface area contributed by atoms with Gasteiger partial charge in [-0.25, -0.2) is 0 Å². The van der Waals surface area contributed by atoms with Crippen molar-refractivity contribution in [2.24, 2.45) is 0 Å². The van der Waals surface area contributed by atoms with Crippen LogP contribution >= 0.6 is 0 Å². The third-order valence-electron chi connectivity index (χ3n) is 4.15. The fourth-order valence-electron chi connectivity index (χ4n) is 2.90. The molecule has 0 spiro atoms. The number of ether oxygens (including phenoxy) is 2. The quantitative estimate of drug-likeness (QED) is 0.828. The van der Waals surface area contributed by atoms with Gasteiger partial charge in [-0.1, -0.05) is 18.2 Å². The second-order valence-electron chi connectivity index (χ2n) is 5.57. The molecule has 0 radical (unpaired) electrons. The summed E-state index contributed by atoms with van der Waals surface area (Å²) in [5.41, 5.74) is 5.93. The lowest BCUT2D eigenvalue weighted by atomic mass is 9.88. The first-order valence-electron chi connectivity index (χ1n) is 7.58. The van der Waals surface area contributed by atoms with E-state index in [-0.39, 0.29) is 6.04 Å². The zero-order chi connectivity index (χ0) is 15.4. The summed E-state index contributed by atoms with van der Waals surface area (Å²) in [6, 6.07) is 14.0. The lowest BCUT2D eigenvalue weighted by Gasteiger charge is -2.24. The number of nitrogens with one attached hydrogen (secondary N) is 1. The summed E-state index contributed by atoms with van der Waals surface area (Å²) < 4.78 is 11.0. The molecule has 1 aliphatic carbocycles. The minimum Gasteiger partial charge on any atom is -0.497 e. The van der Waals surface area contributed by atoms with Crippen LogP contribution in [-0.2, 0) is 13.0 Å². The molecule has 0 aromatic heterocycles. The molecule has 1 unspecified atom stereocenters. The van der Waals surface area contributed by atoms with Crippen molar-refractivity contribution in [1.82, 2.24) is 5.48 Å². The van der Waals surface area contributed by atoms with Crippen molar-refractivity contribution in [2.45, 2.75) is 31.9 Å². The van der Waals surface area contributed by atoms with Crippen molar-refractivity contribution >= 4 is 0 Å². The van der Waals surface area contributed by atoms with E-state index in [0.717, 1.165) is 36.3 Å². The third kappa shape index (κ3) is 3.24. The largest absolute Gasteiger partial charge is 0.497 e. The van der Waals surface area contributed by atoms with E-state index in [1.54, 1.807) is 7.11 Å². The maximum atomic E-state index is 9.21. The molecule has 2 aromatic rings. The van der Waals surface area contributed by atoms with Gasteiger partial charge in [0.1, 0.15) is 18.1 Å². The summed E-state index contributed by atoms with van der Waals surface area (Å²) >= 11 is 0. The minimum atomic E-state index is 0.0411. The van der Waals surface area contributed by atoms with E-state index in [0.29, 0.717) is 6.61 Å². The Labute approximate surface area is 130 Å². The van der Waals surface area contributed by atoms with Gasteiger partial charge in [-0.2, -0.15) is 5.48 Å². The molecule has 0 aliphatic heterocycles. The van der Waals surface area contributed by atoms with Crippen molar-refractivity contribution in [1.29, 1.82) is 0 Å². The van der Waals surface area contributed by atoms with Gasteiger partial charge in [0.15, 0.2) is 0 Å². The van der Waals surface area contributed by atoms with Gasteiger partial charge >= 0.3 is 0 Å². The van der Waals surface area contributed by atoms with Crippen molar-refractivity contribution in [3.8, 4) is 11.5 Å². The molecule has 0 saturated heterocycles. The van der Waals surface area contributed by atoms with Crippen molar-refractivity contribution in [3.63, 3.8) is 0 Å². The SMILES string of the molecule is COc1ccc(COc2ccc3c(c2)CCCC3NO)cc1. The summed E-state index contributed by atoms with van der Waals surface area (Å²) in [6.45, 7) is 0.532. The van der Waals surface area contributed by atoms with Gasteiger partial charge in [0.2, 0.25) is 0 Å². The van der Waals surface area contributed by atoms with Gasteiger partial charge in [0.25, 0.3) is 0 Å². The number of methoxy groups -OCH3 is 1. The number of aryl methyl sites for hydroxylation is 1. The van der Waals surface area contributed by atoms with E-state index in [1.807, 2.05) is 36.4 Å². The maximum Gasteiger partial charge on any atom is 0.120 e. The molecule has 0 saturated carbocycles. The van der Waals surface area contributed by atoms with Crippen LogP contribution in [0.4, 0.5) is 0 Å². The lowest BCUT2D eigenvalue weighted by molar-refractivity contribution is 0.117. The number of hydrogen-bond acceptors (Lipinski definition) is 4. The first kappa shape index (κ1) is 14.9. The molecule has 2 N–H and O–H groups in total. The molecular formula is C18H21NO3.